The van der Waals surface area contributed by atoms with Crippen molar-refractivity contribution in [2.24, 2.45) is 4.99 Å². The van der Waals surface area contributed by atoms with Crippen LogP contribution < -0.4 is 10.6 Å². The molecule has 1 fully saturated rings. The van der Waals surface area contributed by atoms with Crippen LogP contribution in [0.25, 0.3) is 0 Å². The molecule has 0 radical (unpaired) electrons. The SMILES string of the molecule is CN=C(NCCCOC1CCCCC1)NCc1ccc(S(=O)(=O)N(C)C)s1.I. The van der Waals surface area contributed by atoms with E-state index < -0.39 is 10.0 Å². The lowest BCUT2D eigenvalue weighted by Gasteiger charge is -2.22. The van der Waals surface area contributed by atoms with Gasteiger partial charge in [0.05, 0.1) is 12.6 Å². The monoisotopic (exact) mass is 544 g/mol. The molecule has 0 amide bonds. The normalized spacial score (nSPS) is 16.1. The molecule has 1 aromatic rings. The smallest absolute Gasteiger partial charge is 0.252 e. The van der Waals surface area contributed by atoms with E-state index in [-0.39, 0.29) is 24.0 Å². The van der Waals surface area contributed by atoms with Gasteiger partial charge in [-0.15, -0.1) is 35.3 Å². The van der Waals surface area contributed by atoms with Crippen molar-refractivity contribution in [2.45, 2.75) is 55.4 Å². The Balaban J connectivity index is 0.00000392. The number of rotatable bonds is 9. The summed E-state index contributed by atoms with van der Waals surface area (Å²) < 4.78 is 31.8. The summed E-state index contributed by atoms with van der Waals surface area (Å²) in [6.07, 6.45) is 7.70. The highest BCUT2D eigenvalue weighted by molar-refractivity contribution is 14.0. The number of nitrogens with zero attached hydrogens (tertiary/aromatic N) is 2. The third kappa shape index (κ3) is 8.13. The van der Waals surface area contributed by atoms with E-state index in [4.69, 9.17) is 4.74 Å². The molecule has 0 aliphatic heterocycles. The molecule has 0 unspecified atom stereocenters. The molecule has 0 spiro atoms. The Hall–Kier alpha value is -0.430. The fourth-order valence-electron chi connectivity index (χ4n) is 2.92. The standard InChI is InChI=1S/C18H32N4O3S2.HI/c1-19-18(20-12-7-13-25-15-8-5-4-6-9-15)21-14-16-10-11-17(26-16)27(23,24)22(2)3;/h10-11,15H,4-9,12-14H2,1-3H3,(H2,19,20,21);1H. The van der Waals surface area contributed by atoms with Crippen molar-refractivity contribution in [3.05, 3.63) is 17.0 Å². The van der Waals surface area contributed by atoms with Crippen LogP contribution in [0, 0.1) is 0 Å². The molecule has 0 atom stereocenters. The van der Waals surface area contributed by atoms with Gasteiger partial charge in [0, 0.05) is 39.2 Å². The molecule has 0 aromatic carbocycles. The summed E-state index contributed by atoms with van der Waals surface area (Å²) in [6.45, 7) is 2.09. The topological polar surface area (TPSA) is 83.0 Å². The maximum absolute atomic E-state index is 12.1. The molecule has 1 aliphatic rings. The summed E-state index contributed by atoms with van der Waals surface area (Å²) in [7, 11) is 1.44. The second kappa shape index (κ2) is 13.0. The molecule has 0 bridgehead atoms. The van der Waals surface area contributed by atoms with Crippen LogP contribution in [0.15, 0.2) is 21.3 Å². The van der Waals surface area contributed by atoms with Crippen LogP contribution in [0.2, 0.25) is 0 Å². The number of hydrogen-bond donors (Lipinski definition) is 2. The number of hydrogen-bond acceptors (Lipinski definition) is 5. The fraction of sp³-hybridized carbons (Fsp3) is 0.722. The third-order valence-electron chi connectivity index (χ3n) is 4.54. The predicted octanol–water partition coefficient (Wildman–Crippen LogP) is 3.02. The van der Waals surface area contributed by atoms with Gasteiger partial charge < -0.3 is 15.4 Å². The van der Waals surface area contributed by atoms with Crippen LogP contribution in [-0.4, -0.2) is 59.1 Å². The molecular weight excluding hydrogens is 511 g/mol. The van der Waals surface area contributed by atoms with Gasteiger partial charge in [-0.1, -0.05) is 19.3 Å². The number of halogens is 1. The van der Waals surface area contributed by atoms with Crippen molar-refractivity contribution in [3.8, 4) is 0 Å². The van der Waals surface area contributed by atoms with Crippen molar-refractivity contribution >= 4 is 51.3 Å². The maximum Gasteiger partial charge on any atom is 0.252 e. The molecule has 1 heterocycles. The zero-order chi connectivity index (χ0) is 19.7. The molecule has 1 aromatic heterocycles. The zero-order valence-electron chi connectivity index (χ0n) is 16.9. The lowest BCUT2D eigenvalue weighted by atomic mass is 9.98. The van der Waals surface area contributed by atoms with E-state index in [1.54, 1.807) is 13.1 Å². The largest absolute Gasteiger partial charge is 0.378 e. The lowest BCUT2D eigenvalue weighted by Crippen LogP contribution is -2.37. The first kappa shape index (κ1) is 25.6. The Labute approximate surface area is 190 Å². The van der Waals surface area contributed by atoms with Gasteiger partial charge in [-0.3, -0.25) is 4.99 Å². The zero-order valence-corrected chi connectivity index (χ0v) is 20.9. The molecule has 1 aliphatic carbocycles. The van der Waals surface area contributed by atoms with E-state index in [1.807, 2.05) is 6.07 Å². The third-order valence-corrected chi connectivity index (χ3v) is 7.91. The summed E-state index contributed by atoms with van der Waals surface area (Å²) in [5.74, 6) is 0.707. The van der Waals surface area contributed by atoms with E-state index in [0.29, 0.717) is 22.8 Å². The van der Waals surface area contributed by atoms with Crippen molar-refractivity contribution in [1.82, 2.24) is 14.9 Å². The van der Waals surface area contributed by atoms with Crippen LogP contribution in [0.4, 0.5) is 0 Å². The van der Waals surface area contributed by atoms with Gasteiger partial charge in [-0.05, 0) is 31.4 Å². The highest BCUT2D eigenvalue weighted by atomic mass is 127. The summed E-state index contributed by atoms with van der Waals surface area (Å²) in [5, 5.41) is 6.49. The second-order valence-electron chi connectivity index (χ2n) is 6.85. The Morgan fingerprint density at radius 2 is 1.96 bits per heavy atom. The molecular formula is C18H33IN4O3S2. The molecule has 28 heavy (non-hydrogen) atoms. The summed E-state index contributed by atoms with van der Waals surface area (Å²) in [5.41, 5.74) is 0. The molecule has 1 saturated carbocycles. The van der Waals surface area contributed by atoms with Gasteiger partial charge in [0.25, 0.3) is 10.0 Å². The highest BCUT2D eigenvalue weighted by Gasteiger charge is 2.19. The Morgan fingerprint density at radius 3 is 2.61 bits per heavy atom. The number of ether oxygens (including phenoxy) is 1. The average Bonchev–Trinajstić information content (AvgIpc) is 3.14. The van der Waals surface area contributed by atoms with Gasteiger partial charge in [0.1, 0.15) is 4.21 Å². The van der Waals surface area contributed by atoms with Crippen LogP contribution in [-0.2, 0) is 21.3 Å². The quantitative estimate of drug-likeness (QED) is 0.216. The van der Waals surface area contributed by atoms with Crippen molar-refractivity contribution in [3.63, 3.8) is 0 Å². The number of aliphatic imine (C=N–C) groups is 1. The van der Waals surface area contributed by atoms with Crippen LogP contribution >= 0.6 is 35.3 Å². The van der Waals surface area contributed by atoms with E-state index in [2.05, 4.69) is 15.6 Å². The Kier molecular flexibility index (Phi) is 11.9. The van der Waals surface area contributed by atoms with E-state index in [9.17, 15) is 8.42 Å². The van der Waals surface area contributed by atoms with Gasteiger partial charge >= 0.3 is 0 Å². The first-order valence-corrected chi connectivity index (χ1v) is 11.8. The minimum atomic E-state index is -3.37. The predicted molar refractivity (Wildman–Crippen MR) is 126 cm³/mol. The van der Waals surface area contributed by atoms with Gasteiger partial charge in [-0.2, -0.15) is 0 Å². The second-order valence-corrected chi connectivity index (χ2v) is 10.4. The molecule has 0 saturated heterocycles. The maximum atomic E-state index is 12.1. The van der Waals surface area contributed by atoms with Gasteiger partial charge in [-0.25, -0.2) is 12.7 Å². The van der Waals surface area contributed by atoms with Crippen molar-refractivity contribution in [1.29, 1.82) is 0 Å². The first-order chi connectivity index (χ1) is 12.9. The van der Waals surface area contributed by atoms with Crippen molar-refractivity contribution in [2.75, 3.05) is 34.3 Å². The number of sulfonamides is 1. The van der Waals surface area contributed by atoms with E-state index in [1.165, 1.54) is 61.8 Å². The van der Waals surface area contributed by atoms with E-state index in [0.717, 1.165) is 24.4 Å². The minimum absolute atomic E-state index is 0. The lowest BCUT2D eigenvalue weighted by molar-refractivity contribution is 0.0277. The van der Waals surface area contributed by atoms with Crippen molar-refractivity contribution < 1.29 is 13.2 Å². The number of guanidine groups is 1. The molecule has 7 nitrogen and oxygen atoms in total. The first-order valence-electron chi connectivity index (χ1n) is 9.51. The summed E-state index contributed by atoms with van der Waals surface area (Å²) in [6, 6.07) is 3.48. The summed E-state index contributed by atoms with van der Waals surface area (Å²) in [4.78, 5) is 5.15. The highest BCUT2D eigenvalue weighted by Crippen LogP contribution is 2.23. The van der Waals surface area contributed by atoms with E-state index >= 15 is 0 Å². The van der Waals surface area contributed by atoms with Crippen LogP contribution in [0.5, 0.6) is 0 Å². The summed E-state index contributed by atoms with van der Waals surface area (Å²) >= 11 is 1.27. The van der Waals surface area contributed by atoms with Gasteiger partial charge in [0.15, 0.2) is 5.96 Å². The molecule has 2 N–H and O–H groups in total. The Morgan fingerprint density at radius 1 is 1.25 bits per heavy atom. The Bertz CT molecular complexity index is 701. The fourth-order valence-corrected chi connectivity index (χ4v) is 5.39. The molecule has 10 heteroatoms. The number of nitrogens with one attached hydrogen (secondary N) is 2. The average molecular weight is 545 g/mol. The van der Waals surface area contributed by atoms with Crippen LogP contribution in [0.1, 0.15) is 43.4 Å². The van der Waals surface area contributed by atoms with Crippen LogP contribution in [0.3, 0.4) is 0 Å². The van der Waals surface area contributed by atoms with Gasteiger partial charge in [0.2, 0.25) is 0 Å². The molecule has 2 rings (SSSR count). The minimum Gasteiger partial charge on any atom is -0.378 e. The number of thiophene rings is 1. The molecule has 162 valence electrons.